The molecule has 0 radical (unpaired) electrons. The van der Waals surface area contributed by atoms with Gasteiger partial charge in [-0.2, -0.15) is 5.10 Å². The summed E-state index contributed by atoms with van der Waals surface area (Å²) in [5.74, 6) is -0.512. The van der Waals surface area contributed by atoms with Crippen LogP contribution in [-0.2, 0) is 16.1 Å². The maximum Gasteiger partial charge on any atom is 0.327 e. The fourth-order valence-electron chi connectivity index (χ4n) is 1.86. The fourth-order valence-corrected chi connectivity index (χ4v) is 2.28. The first kappa shape index (κ1) is 14.0. The first-order chi connectivity index (χ1) is 9.11. The topological polar surface area (TPSA) is 85.2 Å². The van der Waals surface area contributed by atoms with Gasteiger partial charge in [-0.15, -0.1) is 0 Å². The quantitative estimate of drug-likeness (QED) is 0.753. The van der Waals surface area contributed by atoms with E-state index in [9.17, 15) is 9.59 Å². The predicted octanol–water partition coefficient (Wildman–Crippen LogP) is -0.0474. The largest absolute Gasteiger partial charge is 0.468 e. The molecule has 1 aromatic heterocycles. The van der Waals surface area contributed by atoms with Gasteiger partial charge in [-0.25, -0.2) is 4.68 Å². The van der Waals surface area contributed by atoms with Crippen LogP contribution in [0.3, 0.4) is 0 Å². The molecule has 1 aliphatic rings. The van der Waals surface area contributed by atoms with E-state index in [4.69, 9.17) is 0 Å². The normalized spacial score (nSPS) is 18.3. The Bertz CT molecular complexity index is 525. The molecule has 1 aliphatic heterocycles. The van der Waals surface area contributed by atoms with Crippen molar-refractivity contribution in [2.75, 3.05) is 25.5 Å². The van der Waals surface area contributed by atoms with Gasteiger partial charge in [0.15, 0.2) is 0 Å². The van der Waals surface area contributed by atoms with Crippen molar-refractivity contribution in [2.24, 2.45) is 0 Å². The van der Waals surface area contributed by atoms with Gasteiger partial charge in [0.25, 0.3) is 5.56 Å². The molecule has 1 fully saturated rings. The third-order valence-electron chi connectivity index (χ3n) is 2.91. The highest BCUT2D eigenvalue weighted by molar-refractivity contribution is 9.10. The summed E-state index contributed by atoms with van der Waals surface area (Å²) in [6, 6.07) is 0.286. The second-order valence-electron chi connectivity index (χ2n) is 4.25. The molecule has 19 heavy (non-hydrogen) atoms. The van der Waals surface area contributed by atoms with E-state index in [0.717, 1.165) is 24.2 Å². The summed E-state index contributed by atoms with van der Waals surface area (Å²) in [5.41, 5.74) is 0.279. The summed E-state index contributed by atoms with van der Waals surface area (Å²) < 4.78 is 5.95. The Labute approximate surface area is 118 Å². The number of nitrogens with one attached hydrogen (secondary N) is 2. The molecule has 104 valence electrons. The minimum atomic E-state index is -0.512. The molecular formula is C11H15BrN4O3. The maximum absolute atomic E-state index is 12.0. The van der Waals surface area contributed by atoms with Crippen LogP contribution >= 0.6 is 15.9 Å². The standard InChI is InChI=1S/C11H15BrN4O3/c1-19-9(17)6-16-11(18)10(12)8(5-14-16)15-7-2-3-13-4-7/h5,7,13,15H,2-4,6H2,1H3. The first-order valence-electron chi connectivity index (χ1n) is 5.91. The van der Waals surface area contributed by atoms with Gasteiger partial charge in [0, 0.05) is 12.6 Å². The number of ether oxygens (including phenoxy) is 1. The third kappa shape index (κ3) is 3.32. The van der Waals surface area contributed by atoms with Crippen LogP contribution in [0.15, 0.2) is 15.5 Å². The predicted molar refractivity (Wildman–Crippen MR) is 73.1 cm³/mol. The molecule has 2 rings (SSSR count). The Morgan fingerprint density at radius 1 is 1.74 bits per heavy atom. The van der Waals surface area contributed by atoms with E-state index in [0.29, 0.717) is 10.2 Å². The number of anilines is 1. The molecule has 0 amide bonds. The van der Waals surface area contributed by atoms with E-state index in [1.807, 2.05) is 0 Å². The maximum atomic E-state index is 12.0. The third-order valence-corrected chi connectivity index (χ3v) is 3.68. The average molecular weight is 331 g/mol. The summed E-state index contributed by atoms with van der Waals surface area (Å²) in [7, 11) is 1.27. The molecule has 0 spiro atoms. The summed E-state index contributed by atoms with van der Waals surface area (Å²) in [6.07, 6.45) is 2.53. The highest BCUT2D eigenvalue weighted by atomic mass is 79.9. The molecule has 1 aromatic rings. The van der Waals surface area contributed by atoms with Gasteiger partial charge < -0.3 is 15.4 Å². The van der Waals surface area contributed by atoms with Crippen LogP contribution in [0.4, 0.5) is 5.69 Å². The molecule has 1 atom stereocenters. The lowest BCUT2D eigenvalue weighted by molar-refractivity contribution is -0.141. The lowest BCUT2D eigenvalue weighted by Crippen LogP contribution is -2.30. The molecule has 0 aliphatic carbocycles. The van der Waals surface area contributed by atoms with Crippen molar-refractivity contribution in [3.05, 3.63) is 21.0 Å². The Balaban J connectivity index is 2.16. The number of hydrogen-bond donors (Lipinski definition) is 2. The SMILES string of the molecule is COC(=O)Cn1ncc(NC2CCNC2)c(Br)c1=O. The second-order valence-corrected chi connectivity index (χ2v) is 5.04. The average Bonchev–Trinajstić information content (AvgIpc) is 2.91. The van der Waals surface area contributed by atoms with E-state index >= 15 is 0 Å². The number of methoxy groups -OCH3 is 1. The lowest BCUT2D eigenvalue weighted by Gasteiger charge is -2.14. The van der Waals surface area contributed by atoms with Crippen molar-refractivity contribution in [1.29, 1.82) is 0 Å². The van der Waals surface area contributed by atoms with Gasteiger partial charge in [-0.05, 0) is 28.9 Å². The minimum absolute atomic E-state index is 0.195. The number of aromatic nitrogens is 2. The number of halogens is 1. The molecule has 1 saturated heterocycles. The van der Waals surface area contributed by atoms with Gasteiger partial charge >= 0.3 is 5.97 Å². The highest BCUT2D eigenvalue weighted by Gasteiger charge is 2.17. The lowest BCUT2D eigenvalue weighted by atomic mass is 10.2. The van der Waals surface area contributed by atoms with Gasteiger partial charge in [-0.1, -0.05) is 0 Å². The van der Waals surface area contributed by atoms with Crippen LogP contribution in [0, 0.1) is 0 Å². The van der Waals surface area contributed by atoms with E-state index in [1.54, 1.807) is 0 Å². The van der Waals surface area contributed by atoms with Gasteiger partial charge in [0.05, 0.1) is 19.0 Å². The van der Waals surface area contributed by atoms with Crippen LogP contribution in [0.5, 0.6) is 0 Å². The number of esters is 1. The molecule has 0 bridgehead atoms. The van der Waals surface area contributed by atoms with Gasteiger partial charge in [-0.3, -0.25) is 9.59 Å². The van der Waals surface area contributed by atoms with E-state index in [-0.39, 0.29) is 18.1 Å². The molecule has 2 heterocycles. The van der Waals surface area contributed by atoms with Crippen molar-refractivity contribution < 1.29 is 9.53 Å². The van der Waals surface area contributed by atoms with Crippen molar-refractivity contribution in [2.45, 2.75) is 19.0 Å². The summed E-state index contributed by atoms with van der Waals surface area (Å²) >= 11 is 3.24. The second kappa shape index (κ2) is 6.16. The smallest absolute Gasteiger partial charge is 0.327 e. The Hall–Kier alpha value is -1.41. The van der Waals surface area contributed by atoms with Crippen molar-refractivity contribution in [1.82, 2.24) is 15.1 Å². The summed E-state index contributed by atoms with van der Waals surface area (Å²) in [4.78, 5) is 23.2. The van der Waals surface area contributed by atoms with E-state index in [1.165, 1.54) is 13.3 Å². The zero-order chi connectivity index (χ0) is 13.8. The van der Waals surface area contributed by atoms with Crippen LogP contribution in [0.2, 0.25) is 0 Å². The van der Waals surface area contributed by atoms with Crippen molar-refractivity contribution in [3.8, 4) is 0 Å². The molecule has 8 heteroatoms. The monoisotopic (exact) mass is 330 g/mol. The van der Waals surface area contributed by atoms with Crippen molar-refractivity contribution >= 4 is 27.6 Å². The summed E-state index contributed by atoms with van der Waals surface area (Å²) in [5, 5.41) is 10.4. The zero-order valence-electron chi connectivity index (χ0n) is 10.5. The van der Waals surface area contributed by atoms with Crippen LogP contribution in [-0.4, -0.2) is 42.0 Å². The number of nitrogens with zero attached hydrogens (tertiary/aromatic N) is 2. The summed E-state index contributed by atoms with van der Waals surface area (Å²) in [6.45, 7) is 1.62. The highest BCUT2D eigenvalue weighted by Crippen LogP contribution is 2.18. The first-order valence-corrected chi connectivity index (χ1v) is 6.71. The number of carbonyl (C=O) groups excluding carboxylic acids is 1. The van der Waals surface area contributed by atoms with Crippen LogP contribution in [0.1, 0.15) is 6.42 Å². The molecular weight excluding hydrogens is 316 g/mol. The molecule has 7 nitrogen and oxygen atoms in total. The number of hydrogen-bond acceptors (Lipinski definition) is 6. The number of rotatable bonds is 4. The molecule has 0 aromatic carbocycles. The Morgan fingerprint density at radius 2 is 2.53 bits per heavy atom. The van der Waals surface area contributed by atoms with Crippen LogP contribution in [0.25, 0.3) is 0 Å². The van der Waals surface area contributed by atoms with Crippen LogP contribution < -0.4 is 16.2 Å². The Morgan fingerprint density at radius 3 is 3.16 bits per heavy atom. The minimum Gasteiger partial charge on any atom is -0.468 e. The zero-order valence-corrected chi connectivity index (χ0v) is 12.1. The van der Waals surface area contributed by atoms with Gasteiger partial charge in [0.2, 0.25) is 0 Å². The fraction of sp³-hybridized carbons (Fsp3) is 0.545. The molecule has 2 N–H and O–H groups in total. The van der Waals surface area contributed by atoms with Gasteiger partial charge in [0.1, 0.15) is 11.0 Å². The van der Waals surface area contributed by atoms with E-state index < -0.39 is 5.97 Å². The van der Waals surface area contributed by atoms with E-state index in [2.05, 4.69) is 36.4 Å². The number of carbonyl (C=O) groups is 1. The molecule has 0 saturated carbocycles. The van der Waals surface area contributed by atoms with Crippen molar-refractivity contribution in [3.63, 3.8) is 0 Å². The molecule has 1 unspecified atom stereocenters. The Kier molecular flexibility index (Phi) is 4.54.